The molecule has 1 aromatic rings. The van der Waals surface area contributed by atoms with E-state index in [-0.39, 0.29) is 5.91 Å². The summed E-state index contributed by atoms with van der Waals surface area (Å²) in [5.41, 5.74) is 7.02. The zero-order chi connectivity index (χ0) is 12.8. The number of amides is 1. The molecule has 3 aliphatic carbocycles. The second kappa shape index (κ2) is 3.79. The molecule has 0 radical (unpaired) electrons. The molecule has 19 heavy (non-hydrogen) atoms. The van der Waals surface area contributed by atoms with E-state index >= 15 is 0 Å². The molecule has 1 saturated carbocycles. The van der Waals surface area contributed by atoms with Gasteiger partial charge in [-0.1, -0.05) is 6.08 Å². The van der Waals surface area contributed by atoms with E-state index in [1.807, 2.05) is 18.2 Å². The largest absolute Gasteiger partial charge is 0.348 e. The minimum atomic E-state index is -0.00295. The van der Waals surface area contributed by atoms with Gasteiger partial charge in [-0.15, -0.1) is 0 Å². The van der Waals surface area contributed by atoms with Crippen LogP contribution >= 0.6 is 0 Å². The number of pyridine rings is 1. The Morgan fingerprint density at radius 3 is 2.89 bits per heavy atom. The topological polar surface area (TPSA) is 42.0 Å². The number of nitrogens with zero attached hydrogens (tertiary/aromatic N) is 1. The van der Waals surface area contributed by atoms with Crippen LogP contribution in [-0.2, 0) is 11.3 Å². The first-order valence-corrected chi connectivity index (χ1v) is 6.37. The maximum atomic E-state index is 12.2. The smallest absolute Gasteiger partial charge is 0.252 e. The van der Waals surface area contributed by atoms with Crippen molar-refractivity contribution in [3.8, 4) is 0 Å². The van der Waals surface area contributed by atoms with E-state index in [1.54, 1.807) is 12.4 Å². The summed E-state index contributed by atoms with van der Waals surface area (Å²) in [4.78, 5) is 16.2. The van der Waals surface area contributed by atoms with Gasteiger partial charge in [-0.2, -0.15) is 0 Å². The number of carbonyl (C=O) groups is 1. The maximum Gasteiger partial charge on any atom is 0.252 e. The fraction of sp³-hybridized carbons (Fsp3) is 0.125. The normalized spacial score (nSPS) is 18.4. The van der Waals surface area contributed by atoms with Crippen LogP contribution in [0.3, 0.4) is 0 Å². The molecule has 3 nitrogen and oxygen atoms in total. The van der Waals surface area contributed by atoms with Gasteiger partial charge in [0.25, 0.3) is 5.91 Å². The SMILES string of the molecule is O=C(NCc1ccncc1)C1=C2C=C3CC3=C2C=C1. The molecule has 0 aromatic carbocycles. The van der Waals surface area contributed by atoms with Crippen molar-refractivity contribution in [2.45, 2.75) is 13.0 Å². The average molecular weight is 248 g/mol. The fourth-order valence-corrected chi connectivity index (χ4v) is 2.61. The Morgan fingerprint density at radius 1 is 1.21 bits per heavy atom. The van der Waals surface area contributed by atoms with Crippen LogP contribution in [0, 0.1) is 0 Å². The van der Waals surface area contributed by atoms with Gasteiger partial charge < -0.3 is 5.32 Å². The summed E-state index contributed by atoms with van der Waals surface area (Å²) in [6.45, 7) is 0.536. The van der Waals surface area contributed by atoms with Gasteiger partial charge in [0.1, 0.15) is 0 Å². The summed E-state index contributed by atoms with van der Waals surface area (Å²) in [6.07, 6.45) is 10.7. The second-order valence-corrected chi connectivity index (χ2v) is 4.94. The highest BCUT2D eigenvalue weighted by atomic mass is 16.1. The third kappa shape index (κ3) is 1.66. The molecule has 1 amide bonds. The molecule has 3 aliphatic rings. The van der Waals surface area contributed by atoms with Gasteiger partial charge in [-0.05, 0) is 58.6 Å². The van der Waals surface area contributed by atoms with Crippen molar-refractivity contribution < 1.29 is 4.79 Å². The zero-order valence-corrected chi connectivity index (χ0v) is 10.3. The number of fused-ring (bicyclic) bond motifs is 2. The van der Waals surface area contributed by atoms with Gasteiger partial charge in [0.2, 0.25) is 0 Å². The minimum absolute atomic E-state index is 0.00295. The highest BCUT2D eigenvalue weighted by molar-refractivity contribution is 6.01. The Balaban J connectivity index is 1.51. The summed E-state index contributed by atoms with van der Waals surface area (Å²) in [5, 5.41) is 2.96. The first-order chi connectivity index (χ1) is 9.33. The zero-order valence-electron chi connectivity index (χ0n) is 10.3. The Hall–Kier alpha value is -2.42. The predicted molar refractivity (Wildman–Crippen MR) is 72.0 cm³/mol. The summed E-state index contributed by atoms with van der Waals surface area (Å²) in [5.74, 6) is -0.00295. The van der Waals surface area contributed by atoms with Crippen molar-refractivity contribution in [2.75, 3.05) is 0 Å². The predicted octanol–water partition coefficient (Wildman–Crippen LogP) is 2.20. The lowest BCUT2D eigenvalue weighted by Gasteiger charge is -2.06. The molecule has 0 aliphatic heterocycles. The van der Waals surface area contributed by atoms with E-state index in [4.69, 9.17) is 0 Å². The Labute approximate surface area is 111 Å². The summed E-state index contributed by atoms with van der Waals surface area (Å²) in [6, 6.07) is 3.81. The minimum Gasteiger partial charge on any atom is -0.348 e. The third-order valence-electron chi connectivity index (χ3n) is 3.72. The third-order valence-corrected chi connectivity index (χ3v) is 3.72. The van der Waals surface area contributed by atoms with Crippen molar-refractivity contribution in [2.24, 2.45) is 0 Å². The van der Waals surface area contributed by atoms with Gasteiger partial charge in [0.15, 0.2) is 0 Å². The van der Waals surface area contributed by atoms with Crippen LogP contribution in [0.4, 0.5) is 0 Å². The van der Waals surface area contributed by atoms with Crippen LogP contribution in [0.2, 0.25) is 0 Å². The number of carbonyl (C=O) groups excluding carboxylic acids is 1. The molecule has 1 heterocycles. The summed E-state index contributed by atoms with van der Waals surface area (Å²) < 4.78 is 0. The van der Waals surface area contributed by atoms with E-state index in [0.717, 1.165) is 23.1 Å². The van der Waals surface area contributed by atoms with Gasteiger partial charge >= 0.3 is 0 Å². The molecule has 3 heteroatoms. The standard InChI is InChI=1S/C16H12N2O/c19-16(18-9-10-3-5-17-6-4-10)13-2-1-12-14-7-11(14)8-15(12)13/h1-6,8H,7,9H2,(H,18,19). The molecule has 4 rings (SSSR count). The highest BCUT2D eigenvalue weighted by Crippen LogP contribution is 2.51. The van der Waals surface area contributed by atoms with E-state index in [1.165, 1.54) is 16.7 Å². The van der Waals surface area contributed by atoms with E-state index in [2.05, 4.69) is 22.5 Å². The molecular weight excluding hydrogens is 236 g/mol. The van der Waals surface area contributed by atoms with Crippen molar-refractivity contribution in [3.05, 3.63) is 76.2 Å². The molecule has 0 saturated heterocycles. The van der Waals surface area contributed by atoms with E-state index < -0.39 is 0 Å². The average Bonchev–Trinajstić information content (AvgIpc) is 2.93. The van der Waals surface area contributed by atoms with Crippen molar-refractivity contribution in [1.82, 2.24) is 10.3 Å². The van der Waals surface area contributed by atoms with E-state index in [0.29, 0.717) is 6.54 Å². The quantitative estimate of drug-likeness (QED) is 0.891. The van der Waals surface area contributed by atoms with Crippen LogP contribution in [-0.4, -0.2) is 10.9 Å². The number of hydrogen-bond donors (Lipinski definition) is 1. The van der Waals surface area contributed by atoms with Gasteiger partial charge in [-0.3, -0.25) is 9.78 Å². The first kappa shape index (κ1) is 10.5. The van der Waals surface area contributed by atoms with Crippen LogP contribution in [0.15, 0.2) is 70.6 Å². The summed E-state index contributed by atoms with van der Waals surface area (Å²) in [7, 11) is 0. The Kier molecular flexibility index (Phi) is 2.09. The fourth-order valence-electron chi connectivity index (χ4n) is 2.61. The van der Waals surface area contributed by atoms with Crippen LogP contribution in [0.5, 0.6) is 0 Å². The van der Waals surface area contributed by atoms with Crippen LogP contribution < -0.4 is 5.32 Å². The molecule has 1 aromatic heterocycles. The molecule has 1 fully saturated rings. The first-order valence-electron chi connectivity index (χ1n) is 6.37. The lowest BCUT2D eigenvalue weighted by atomic mass is 10.1. The van der Waals surface area contributed by atoms with Crippen LogP contribution in [0.1, 0.15) is 12.0 Å². The Bertz CT molecular complexity index is 706. The second-order valence-electron chi connectivity index (χ2n) is 4.94. The number of allylic oxidation sites excluding steroid dienone is 6. The molecule has 1 N–H and O–H groups in total. The molecular formula is C16H12N2O. The van der Waals surface area contributed by atoms with Gasteiger partial charge in [0.05, 0.1) is 0 Å². The maximum absolute atomic E-state index is 12.2. The number of nitrogens with one attached hydrogen (secondary N) is 1. The number of rotatable bonds is 3. The van der Waals surface area contributed by atoms with Gasteiger partial charge in [0, 0.05) is 24.5 Å². The van der Waals surface area contributed by atoms with Gasteiger partial charge in [-0.25, -0.2) is 0 Å². The molecule has 92 valence electrons. The van der Waals surface area contributed by atoms with Crippen LogP contribution in [0.25, 0.3) is 0 Å². The molecule has 0 unspecified atom stereocenters. The molecule has 0 bridgehead atoms. The number of aromatic nitrogens is 1. The Morgan fingerprint density at radius 2 is 2.05 bits per heavy atom. The monoisotopic (exact) mass is 248 g/mol. The molecule has 0 spiro atoms. The molecule has 0 atom stereocenters. The number of hydrogen-bond acceptors (Lipinski definition) is 2. The highest BCUT2D eigenvalue weighted by Gasteiger charge is 2.35. The lowest BCUT2D eigenvalue weighted by Crippen LogP contribution is -2.24. The van der Waals surface area contributed by atoms with E-state index in [9.17, 15) is 4.79 Å². The van der Waals surface area contributed by atoms with Crippen molar-refractivity contribution in [1.29, 1.82) is 0 Å². The van der Waals surface area contributed by atoms with Crippen molar-refractivity contribution >= 4 is 5.91 Å². The van der Waals surface area contributed by atoms with Crippen molar-refractivity contribution in [3.63, 3.8) is 0 Å². The summed E-state index contributed by atoms with van der Waals surface area (Å²) >= 11 is 0. The lowest BCUT2D eigenvalue weighted by molar-refractivity contribution is -0.117.